The molecule has 0 unspecified atom stereocenters. The summed E-state index contributed by atoms with van der Waals surface area (Å²) >= 11 is 9.30. The molecule has 0 bridgehead atoms. The van der Waals surface area contributed by atoms with Gasteiger partial charge in [-0.2, -0.15) is 5.10 Å². The summed E-state index contributed by atoms with van der Waals surface area (Å²) in [6, 6.07) is 10.2. The van der Waals surface area contributed by atoms with Gasteiger partial charge in [0.15, 0.2) is 11.5 Å². The van der Waals surface area contributed by atoms with Crippen LogP contribution >= 0.6 is 27.5 Å². The van der Waals surface area contributed by atoms with Gasteiger partial charge in [-0.25, -0.2) is 5.43 Å². The first kappa shape index (κ1) is 20.3. The Kier molecular flexibility index (Phi) is 7.48. The lowest BCUT2D eigenvalue weighted by Crippen LogP contribution is -2.17. The van der Waals surface area contributed by atoms with Gasteiger partial charge in [0.25, 0.3) is 5.91 Å². The van der Waals surface area contributed by atoms with Gasteiger partial charge in [0.05, 0.1) is 23.9 Å². The maximum absolute atomic E-state index is 12.0. The Morgan fingerprint density at radius 3 is 2.65 bits per heavy atom. The SMILES string of the molecule is CC[C@H](C)Oc1c(Br)cc(/C=N\NC(=O)c2ccc(Cl)cc2)cc1OC. The molecule has 1 N–H and O–H groups in total. The zero-order valence-electron chi connectivity index (χ0n) is 14.8. The van der Waals surface area contributed by atoms with Crippen molar-refractivity contribution in [2.24, 2.45) is 5.10 Å². The Hall–Kier alpha value is -2.05. The van der Waals surface area contributed by atoms with E-state index < -0.39 is 0 Å². The molecule has 0 spiro atoms. The van der Waals surface area contributed by atoms with Crippen molar-refractivity contribution >= 4 is 39.7 Å². The van der Waals surface area contributed by atoms with Gasteiger partial charge >= 0.3 is 0 Å². The van der Waals surface area contributed by atoms with E-state index in [9.17, 15) is 4.79 Å². The summed E-state index contributed by atoms with van der Waals surface area (Å²) in [6.45, 7) is 4.04. The van der Waals surface area contributed by atoms with Crippen LogP contribution in [0.3, 0.4) is 0 Å². The number of halogens is 2. The van der Waals surface area contributed by atoms with E-state index in [1.807, 2.05) is 13.0 Å². The molecule has 1 amide bonds. The molecule has 0 aliphatic heterocycles. The van der Waals surface area contributed by atoms with Crippen LogP contribution in [0.4, 0.5) is 0 Å². The predicted octanol–water partition coefficient (Wildman–Crippen LogP) is 5.05. The zero-order chi connectivity index (χ0) is 19.1. The molecule has 0 saturated carbocycles. The van der Waals surface area contributed by atoms with Gasteiger partial charge in [0, 0.05) is 10.6 Å². The van der Waals surface area contributed by atoms with Gasteiger partial charge in [-0.05, 0) is 71.2 Å². The molecule has 2 rings (SSSR count). The first-order chi connectivity index (χ1) is 12.4. The smallest absolute Gasteiger partial charge is 0.271 e. The third kappa shape index (κ3) is 5.47. The van der Waals surface area contributed by atoms with Crippen LogP contribution in [0.15, 0.2) is 46.0 Å². The molecule has 2 aromatic rings. The van der Waals surface area contributed by atoms with E-state index in [1.165, 1.54) is 6.21 Å². The summed E-state index contributed by atoms with van der Waals surface area (Å²) in [7, 11) is 1.58. The molecule has 0 heterocycles. The minimum atomic E-state index is -0.319. The number of rotatable bonds is 7. The van der Waals surface area contributed by atoms with E-state index in [0.717, 1.165) is 16.5 Å². The third-order valence-electron chi connectivity index (χ3n) is 3.63. The Morgan fingerprint density at radius 2 is 2.04 bits per heavy atom. The molecule has 1 atom stereocenters. The van der Waals surface area contributed by atoms with Crippen molar-refractivity contribution in [3.05, 3.63) is 57.0 Å². The lowest BCUT2D eigenvalue weighted by atomic mass is 10.2. The molecular formula is C19H20BrClN2O3. The average Bonchev–Trinajstić information content (AvgIpc) is 2.63. The lowest BCUT2D eigenvalue weighted by molar-refractivity contribution is 0.0955. The molecule has 5 nitrogen and oxygen atoms in total. The van der Waals surface area contributed by atoms with Gasteiger partial charge in [-0.1, -0.05) is 18.5 Å². The minimum absolute atomic E-state index is 0.0679. The van der Waals surface area contributed by atoms with Gasteiger partial charge < -0.3 is 9.47 Å². The number of amides is 1. The van der Waals surface area contributed by atoms with Crippen LogP contribution in [0.25, 0.3) is 0 Å². The maximum Gasteiger partial charge on any atom is 0.271 e. The topological polar surface area (TPSA) is 59.9 Å². The fraction of sp³-hybridized carbons (Fsp3) is 0.263. The number of hydrogen-bond acceptors (Lipinski definition) is 4. The third-order valence-corrected chi connectivity index (χ3v) is 4.47. The molecule has 0 saturated heterocycles. The molecular weight excluding hydrogens is 420 g/mol. The number of hydrogen-bond donors (Lipinski definition) is 1. The molecule has 0 fully saturated rings. The average molecular weight is 440 g/mol. The van der Waals surface area contributed by atoms with Crippen LogP contribution in [0, 0.1) is 0 Å². The normalized spacial score (nSPS) is 12.0. The van der Waals surface area contributed by atoms with Crippen molar-refractivity contribution in [3.63, 3.8) is 0 Å². The molecule has 26 heavy (non-hydrogen) atoms. The molecule has 7 heteroatoms. The fourth-order valence-corrected chi connectivity index (χ4v) is 2.72. The molecule has 2 aromatic carbocycles. The van der Waals surface area contributed by atoms with Crippen LogP contribution in [-0.4, -0.2) is 25.3 Å². The summed E-state index contributed by atoms with van der Waals surface area (Å²) in [6.07, 6.45) is 2.49. The van der Waals surface area contributed by atoms with E-state index in [2.05, 4.69) is 33.4 Å². The summed E-state index contributed by atoms with van der Waals surface area (Å²) in [5.41, 5.74) is 3.71. The molecule has 0 aliphatic rings. The highest BCUT2D eigenvalue weighted by Gasteiger charge is 2.13. The Labute approximate surface area is 166 Å². The highest BCUT2D eigenvalue weighted by Crippen LogP contribution is 2.37. The van der Waals surface area contributed by atoms with Crippen LogP contribution in [0.5, 0.6) is 11.5 Å². The first-order valence-electron chi connectivity index (χ1n) is 8.07. The summed E-state index contributed by atoms with van der Waals surface area (Å²) < 4.78 is 12.0. The summed E-state index contributed by atoms with van der Waals surface area (Å²) in [4.78, 5) is 12.0. The number of carbonyl (C=O) groups excluding carboxylic acids is 1. The first-order valence-corrected chi connectivity index (χ1v) is 9.24. The highest BCUT2D eigenvalue weighted by molar-refractivity contribution is 9.10. The van der Waals surface area contributed by atoms with E-state index >= 15 is 0 Å². The molecule has 0 aliphatic carbocycles. The van der Waals surface area contributed by atoms with Gasteiger partial charge in [0.1, 0.15) is 0 Å². The van der Waals surface area contributed by atoms with Crippen LogP contribution in [-0.2, 0) is 0 Å². The van der Waals surface area contributed by atoms with Crippen molar-refractivity contribution in [3.8, 4) is 11.5 Å². The Bertz CT molecular complexity index is 794. The number of hydrazone groups is 1. The number of benzene rings is 2. The number of methoxy groups -OCH3 is 1. The minimum Gasteiger partial charge on any atom is -0.493 e. The largest absolute Gasteiger partial charge is 0.493 e. The summed E-state index contributed by atoms with van der Waals surface area (Å²) in [5.74, 6) is 0.912. The highest BCUT2D eigenvalue weighted by atomic mass is 79.9. The number of carbonyl (C=O) groups is 1. The Morgan fingerprint density at radius 1 is 1.35 bits per heavy atom. The molecule has 138 valence electrons. The second-order valence-corrected chi connectivity index (χ2v) is 6.87. The summed E-state index contributed by atoms with van der Waals surface area (Å²) in [5, 5.41) is 4.56. The van der Waals surface area contributed by atoms with Gasteiger partial charge in [0.2, 0.25) is 0 Å². The van der Waals surface area contributed by atoms with Crippen LogP contribution < -0.4 is 14.9 Å². The van der Waals surface area contributed by atoms with Crippen molar-refractivity contribution in [1.29, 1.82) is 0 Å². The van der Waals surface area contributed by atoms with Gasteiger partial charge in [-0.3, -0.25) is 4.79 Å². The monoisotopic (exact) mass is 438 g/mol. The van der Waals surface area contributed by atoms with E-state index in [-0.39, 0.29) is 12.0 Å². The van der Waals surface area contributed by atoms with Gasteiger partial charge in [-0.15, -0.1) is 0 Å². The Balaban J connectivity index is 2.11. The number of nitrogens with one attached hydrogen (secondary N) is 1. The molecule has 0 radical (unpaired) electrons. The second kappa shape index (κ2) is 9.59. The van der Waals surface area contributed by atoms with Crippen LogP contribution in [0.2, 0.25) is 5.02 Å². The number of nitrogens with zero attached hydrogens (tertiary/aromatic N) is 1. The second-order valence-electron chi connectivity index (χ2n) is 5.58. The quantitative estimate of drug-likeness (QED) is 0.485. The standard InChI is InChI=1S/C19H20BrClN2O3/c1-4-12(2)26-18-16(20)9-13(10-17(18)25-3)11-22-23-19(24)14-5-7-15(21)8-6-14/h5-12H,4H2,1-3H3,(H,23,24)/b22-11-/t12-/m0/s1. The van der Waals surface area contributed by atoms with Crippen LogP contribution in [0.1, 0.15) is 36.2 Å². The number of ether oxygens (including phenoxy) is 2. The molecule has 0 aromatic heterocycles. The van der Waals surface area contributed by atoms with Crippen molar-refractivity contribution in [2.45, 2.75) is 26.4 Å². The maximum atomic E-state index is 12.0. The van der Waals surface area contributed by atoms with Crippen molar-refractivity contribution < 1.29 is 14.3 Å². The fourth-order valence-electron chi connectivity index (χ4n) is 2.04. The van der Waals surface area contributed by atoms with E-state index in [4.69, 9.17) is 21.1 Å². The predicted molar refractivity (Wildman–Crippen MR) is 108 cm³/mol. The van der Waals surface area contributed by atoms with Crippen molar-refractivity contribution in [2.75, 3.05) is 7.11 Å². The van der Waals surface area contributed by atoms with Crippen molar-refractivity contribution in [1.82, 2.24) is 5.43 Å². The zero-order valence-corrected chi connectivity index (χ0v) is 17.1. The van der Waals surface area contributed by atoms with E-state index in [1.54, 1.807) is 37.4 Å². The lowest BCUT2D eigenvalue weighted by Gasteiger charge is -2.17. The van der Waals surface area contributed by atoms with E-state index in [0.29, 0.717) is 22.1 Å².